The summed E-state index contributed by atoms with van der Waals surface area (Å²) in [6, 6.07) is 6.44. The van der Waals surface area contributed by atoms with E-state index in [1.165, 1.54) is 5.56 Å². The molecule has 100 valence electrons. The van der Waals surface area contributed by atoms with Gasteiger partial charge in [-0.3, -0.25) is 0 Å². The number of ether oxygens (including phenoxy) is 1. The van der Waals surface area contributed by atoms with E-state index in [1.807, 2.05) is 18.2 Å². The highest BCUT2D eigenvalue weighted by Gasteiger charge is 2.23. The summed E-state index contributed by atoms with van der Waals surface area (Å²) in [7, 11) is 0. The maximum atomic E-state index is 5.99. The first kappa shape index (κ1) is 13.7. The fraction of sp³-hybridized carbons (Fsp3) is 0.600. The summed E-state index contributed by atoms with van der Waals surface area (Å²) in [5, 5.41) is 4.39. The molecule has 2 nitrogen and oxygen atoms in total. The molecule has 0 aliphatic carbocycles. The Bertz CT molecular complexity index is 405. The monoisotopic (exact) mass is 267 g/mol. The quantitative estimate of drug-likeness (QED) is 0.879. The van der Waals surface area contributed by atoms with Crippen LogP contribution in [0.5, 0.6) is 5.75 Å². The number of rotatable bonds is 5. The number of hydrogen-bond acceptors (Lipinski definition) is 2. The van der Waals surface area contributed by atoms with Crippen LogP contribution in [0.3, 0.4) is 0 Å². The molecule has 1 aliphatic heterocycles. The van der Waals surface area contributed by atoms with E-state index in [1.54, 1.807) is 0 Å². The van der Waals surface area contributed by atoms with Crippen molar-refractivity contribution in [3.63, 3.8) is 0 Å². The molecule has 0 bridgehead atoms. The second-order valence-electron chi connectivity index (χ2n) is 5.36. The van der Waals surface area contributed by atoms with E-state index in [9.17, 15) is 0 Å². The van der Waals surface area contributed by atoms with Crippen molar-refractivity contribution in [2.75, 3.05) is 6.54 Å². The molecule has 1 aromatic rings. The molecule has 0 amide bonds. The van der Waals surface area contributed by atoms with Crippen molar-refractivity contribution in [2.45, 2.75) is 45.8 Å². The molecule has 1 heterocycles. The average molecular weight is 268 g/mol. The summed E-state index contributed by atoms with van der Waals surface area (Å²) in [6.07, 6.45) is 2.35. The summed E-state index contributed by atoms with van der Waals surface area (Å²) >= 11 is 5.99. The standard InChI is InChI=1S/C15H22ClNO/c1-4-14(10(2)3)17-9-13-8-11-7-12(16)5-6-15(11)18-13/h5-7,10,13-14,17H,4,8-9H2,1-3H3. The van der Waals surface area contributed by atoms with Gasteiger partial charge in [0, 0.05) is 24.0 Å². The van der Waals surface area contributed by atoms with Crippen molar-refractivity contribution in [3.8, 4) is 5.75 Å². The molecule has 0 aromatic heterocycles. The first-order valence-electron chi connectivity index (χ1n) is 6.78. The van der Waals surface area contributed by atoms with Gasteiger partial charge in [-0.25, -0.2) is 0 Å². The Hall–Kier alpha value is -0.730. The van der Waals surface area contributed by atoms with Crippen LogP contribution in [0.2, 0.25) is 5.02 Å². The van der Waals surface area contributed by atoms with Crippen molar-refractivity contribution >= 4 is 11.6 Å². The number of nitrogens with one attached hydrogen (secondary N) is 1. The predicted octanol–water partition coefficient (Wildman–Crippen LogP) is 3.67. The third-order valence-corrected chi connectivity index (χ3v) is 3.85. The Balaban J connectivity index is 1.88. The highest BCUT2D eigenvalue weighted by Crippen LogP contribution is 2.30. The number of fused-ring (bicyclic) bond motifs is 1. The maximum absolute atomic E-state index is 5.99. The number of halogens is 1. The Kier molecular flexibility index (Phi) is 4.52. The van der Waals surface area contributed by atoms with Crippen molar-refractivity contribution < 1.29 is 4.74 Å². The van der Waals surface area contributed by atoms with Crippen LogP contribution in [0.1, 0.15) is 32.8 Å². The summed E-state index contributed by atoms with van der Waals surface area (Å²) in [5.41, 5.74) is 1.23. The molecule has 0 fully saturated rings. The summed E-state index contributed by atoms with van der Waals surface area (Å²) in [5.74, 6) is 1.65. The van der Waals surface area contributed by atoms with Crippen molar-refractivity contribution in [3.05, 3.63) is 28.8 Å². The van der Waals surface area contributed by atoms with Gasteiger partial charge in [0.05, 0.1) is 0 Å². The van der Waals surface area contributed by atoms with Crippen LogP contribution >= 0.6 is 11.6 Å². The first-order chi connectivity index (χ1) is 8.60. The van der Waals surface area contributed by atoms with Gasteiger partial charge in [0.1, 0.15) is 11.9 Å². The molecule has 3 heteroatoms. The fourth-order valence-electron chi connectivity index (χ4n) is 2.54. The molecule has 18 heavy (non-hydrogen) atoms. The average Bonchev–Trinajstić information content (AvgIpc) is 2.71. The molecule has 2 rings (SSSR count). The molecule has 0 saturated heterocycles. The highest BCUT2D eigenvalue weighted by molar-refractivity contribution is 6.30. The van der Waals surface area contributed by atoms with Crippen LogP contribution in [-0.4, -0.2) is 18.7 Å². The van der Waals surface area contributed by atoms with Gasteiger partial charge in [0.15, 0.2) is 0 Å². The topological polar surface area (TPSA) is 21.3 Å². The van der Waals surface area contributed by atoms with Gasteiger partial charge in [-0.1, -0.05) is 32.4 Å². The van der Waals surface area contributed by atoms with E-state index in [4.69, 9.17) is 16.3 Å². The van der Waals surface area contributed by atoms with Crippen molar-refractivity contribution in [1.82, 2.24) is 5.32 Å². The van der Waals surface area contributed by atoms with Gasteiger partial charge in [-0.05, 0) is 36.1 Å². The largest absolute Gasteiger partial charge is 0.488 e. The lowest BCUT2D eigenvalue weighted by molar-refractivity contribution is 0.213. The zero-order chi connectivity index (χ0) is 13.1. The van der Waals surface area contributed by atoms with Crippen molar-refractivity contribution in [2.24, 2.45) is 5.92 Å². The van der Waals surface area contributed by atoms with Crippen LogP contribution in [0.15, 0.2) is 18.2 Å². The predicted molar refractivity (Wildman–Crippen MR) is 76.5 cm³/mol. The third kappa shape index (κ3) is 3.18. The van der Waals surface area contributed by atoms with E-state index in [2.05, 4.69) is 26.1 Å². The van der Waals surface area contributed by atoms with Crippen LogP contribution in [0.4, 0.5) is 0 Å². The number of hydrogen-bond donors (Lipinski definition) is 1. The van der Waals surface area contributed by atoms with Crippen LogP contribution in [0.25, 0.3) is 0 Å². The highest BCUT2D eigenvalue weighted by atomic mass is 35.5. The van der Waals surface area contributed by atoms with E-state index < -0.39 is 0 Å². The molecule has 1 aliphatic rings. The Labute approximate surface area is 115 Å². The third-order valence-electron chi connectivity index (χ3n) is 3.62. The molecule has 2 atom stereocenters. The fourth-order valence-corrected chi connectivity index (χ4v) is 2.73. The van der Waals surface area contributed by atoms with E-state index >= 15 is 0 Å². The van der Waals surface area contributed by atoms with Crippen LogP contribution < -0.4 is 10.1 Å². The van der Waals surface area contributed by atoms with Gasteiger partial charge in [-0.2, -0.15) is 0 Å². The lowest BCUT2D eigenvalue weighted by Gasteiger charge is -2.22. The summed E-state index contributed by atoms with van der Waals surface area (Å²) < 4.78 is 5.92. The van der Waals surface area contributed by atoms with Gasteiger partial charge >= 0.3 is 0 Å². The molecule has 2 unspecified atom stereocenters. The summed E-state index contributed by atoms with van der Waals surface area (Å²) in [6.45, 7) is 7.64. The first-order valence-corrected chi connectivity index (χ1v) is 7.16. The Morgan fingerprint density at radius 1 is 1.44 bits per heavy atom. The minimum absolute atomic E-state index is 0.242. The van der Waals surface area contributed by atoms with E-state index in [0.29, 0.717) is 12.0 Å². The SMILES string of the molecule is CCC(NCC1Cc2cc(Cl)ccc2O1)C(C)C. The van der Waals surface area contributed by atoms with Gasteiger partial charge in [0.25, 0.3) is 0 Å². The number of benzene rings is 1. The molecule has 0 spiro atoms. The van der Waals surface area contributed by atoms with Gasteiger partial charge in [-0.15, -0.1) is 0 Å². The molecule has 0 saturated carbocycles. The second kappa shape index (κ2) is 5.94. The lowest BCUT2D eigenvalue weighted by Crippen LogP contribution is -2.39. The zero-order valence-corrected chi connectivity index (χ0v) is 12.1. The summed E-state index contributed by atoms with van der Waals surface area (Å²) in [4.78, 5) is 0. The molecule has 1 aromatic carbocycles. The zero-order valence-electron chi connectivity index (χ0n) is 11.4. The molecule has 0 radical (unpaired) electrons. The lowest BCUT2D eigenvalue weighted by atomic mass is 10.0. The van der Waals surface area contributed by atoms with E-state index in [0.717, 1.165) is 30.2 Å². The van der Waals surface area contributed by atoms with Crippen LogP contribution in [-0.2, 0) is 6.42 Å². The minimum atomic E-state index is 0.242. The van der Waals surface area contributed by atoms with Crippen molar-refractivity contribution in [1.29, 1.82) is 0 Å². The Morgan fingerprint density at radius 2 is 2.22 bits per heavy atom. The van der Waals surface area contributed by atoms with E-state index in [-0.39, 0.29) is 6.10 Å². The smallest absolute Gasteiger partial charge is 0.123 e. The second-order valence-corrected chi connectivity index (χ2v) is 5.80. The Morgan fingerprint density at radius 3 is 2.89 bits per heavy atom. The molecular formula is C15H22ClNO. The normalized spacial score (nSPS) is 19.7. The van der Waals surface area contributed by atoms with Gasteiger partial charge < -0.3 is 10.1 Å². The molecular weight excluding hydrogens is 246 g/mol. The minimum Gasteiger partial charge on any atom is -0.488 e. The molecule has 1 N–H and O–H groups in total. The maximum Gasteiger partial charge on any atom is 0.123 e. The van der Waals surface area contributed by atoms with Gasteiger partial charge in [0.2, 0.25) is 0 Å². The van der Waals surface area contributed by atoms with Crippen LogP contribution in [0, 0.1) is 5.92 Å².